The zero-order valence-electron chi connectivity index (χ0n) is 14.4. The van der Waals surface area contributed by atoms with Crippen molar-refractivity contribution in [2.24, 2.45) is 0 Å². The lowest BCUT2D eigenvalue weighted by molar-refractivity contribution is 1.01. The summed E-state index contributed by atoms with van der Waals surface area (Å²) < 4.78 is 0. The fourth-order valence-corrected chi connectivity index (χ4v) is 2.46. The number of aromatic amines is 1. The van der Waals surface area contributed by atoms with Crippen LogP contribution in [0.25, 0.3) is 0 Å². The Bertz CT molecular complexity index is 582. The molecule has 1 aromatic heterocycles. The van der Waals surface area contributed by atoms with E-state index in [0.29, 0.717) is 0 Å². The van der Waals surface area contributed by atoms with E-state index >= 15 is 0 Å². The molecule has 2 rings (SSSR count). The topological polar surface area (TPSA) is 57.8 Å². The van der Waals surface area contributed by atoms with Crippen LogP contribution in [0.3, 0.4) is 0 Å². The molecule has 0 bridgehead atoms. The Hall–Kier alpha value is -1.75. The second-order valence-corrected chi connectivity index (χ2v) is 5.15. The Labute approximate surface area is 137 Å². The highest BCUT2D eigenvalue weighted by atomic mass is 32.2. The van der Waals surface area contributed by atoms with Crippen LogP contribution in [-0.4, -0.2) is 9.97 Å². The molecule has 0 radical (unpaired) electrons. The van der Waals surface area contributed by atoms with Gasteiger partial charge in [0.25, 0.3) is 0 Å². The number of nitrogens with one attached hydrogen (secondary N) is 2. The van der Waals surface area contributed by atoms with E-state index in [1.807, 2.05) is 58.9 Å². The highest BCUT2D eigenvalue weighted by Crippen LogP contribution is 2.39. The molecule has 0 aromatic carbocycles. The molecule has 5 heteroatoms. The normalized spacial score (nSPS) is 13.0. The molecule has 4 nitrogen and oxygen atoms in total. The van der Waals surface area contributed by atoms with Gasteiger partial charge in [-0.2, -0.15) is 0 Å². The molecule has 2 N–H and O–H groups in total. The smallest absolute Gasteiger partial charge is 0.340 e. The molecular formula is C17H27N3OS. The monoisotopic (exact) mass is 321 g/mol. The third-order valence-electron chi connectivity index (χ3n) is 2.56. The predicted molar refractivity (Wildman–Crippen MR) is 98.3 cm³/mol. The number of fused-ring (bicyclic) bond motifs is 1. The van der Waals surface area contributed by atoms with E-state index in [9.17, 15) is 4.79 Å². The van der Waals surface area contributed by atoms with Crippen LogP contribution in [0.1, 0.15) is 48.0 Å². The van der Waals surface area contributed by atoms with Gasteiger partial charge in [0.15, 0.2) is 0 Å². The van der Waals surface area contributed by atoms with Crippen molar-refractivity contribution in [1.29, 1.82) is 0 Å². The van der Waals surface area contributed by atoms with E-state index in [1.165, 1.54) is 4.91 Å². The predicted octanol–water partition coefficient (Wildman–Crippen LogP) is 5.09. The molecule has 0 spiro atoms. The van der Waals surface area contributed by atoms with Crippen molar-refractivity contribution in [3.8, 4) is 0 Å². The van der Waals surface area contributed by atoms with Crippen LogP contribution in [-0.2, 0) is 0 Å². The highest BCUT2D eigenvalue weighted by molar-refractivity contribution is 8.03. The average Bonchev–Trinajstić information content (AvgIpc) is 2.56. The van der Waals surface area contributed by atoms with Gasteiger partial charge < -0.3 is 5.32 Å². The number of hydrogen-bond acceptors (Lipinski definition) is 4. The maximum atomic E-state index is 11.1. The molecule has 122 valence electrons. The average molecular weight is 321 g/mol. The molecule has 1 aliphatic rings. The van der Waals surface area contributed by atoms with Gasteiger partial charge in [0.05, 0.1) is 11.1 Å². The lowest BCUT2D eigenvalue weighted by Crippen LogP contribution is -2.16. The molecule has 2 heterocycles. The zero-order chi connectivity index (χ0) is 17.0. The maximum absolute atomic E-state index is 11.1. The molecule has 0 aliphatic carbocycles. The summed E-state index contributed by atoms with van der Waals surface area (Å²) in [6, 6.07) is 0. The molecule has 1 aromatic rings. The van der Waals surface area contributed by atoms with Crippen molar-refractivity contribution in [2.45, 2.75) is 52.9 Å². The Morgan fingerprint density at radius 2 is 1.82 bits per heavy atom. The van der Waals surface area contributed by atoms with E-state index in [4.69, 9.17) is 0 Å². The van der Waals surface area contributed by atoms with Crippen molar-refractivity contribution in [1.82, 2.24) is 9.97 Å². The standard InChI is InChI=1S/C11H13N3OS.C4H8.C2H6/c1-3-5-7-8(4-2)16-9-6-12-11(15)14-10(9)13-7;1-3-4-2;1-2/h3,5-6H,4H2,1-2H3,(H2,12,13,14,15);3-4H,1-2H3;1-2H3/b5-3-;4-3-;. The first-order valence-corrected chi connectivity index (χ1v) is 8.45. The molecule has 0 unspecified atom stereocenters. The van der Waals surface area contributed by atoms with Crippen molar-refractivity contribution < 1.29 is 0 Å². The Kier molecular flexibility index (Phi) is 10.9. The SMILES string of the molecule is C/C=C\C.C/C=C\C1=C(CC)Sc2cnc(=O)[nH]c2N1.CC. The van der Waals surface area contributed by atoms with Crippen LogP contribution < -0.4 is 11.0 Å². The molecule has 22 heavy (non-hydrogen) atoms. The van der Waals surface area contributed by atoms with Crippen molar-refractivity contribution in [3.05, 3.63) is 51.6 Å². The second-order valence-electron chi connectivity index (χ2n) is 4.01. The molecule has 0 saturated carbocycles. The summed E-state index contributed by atoms with van der Waals surface area (Å²) in [4.78, 5) is 19.7. The van der Waals surface area contributed by atoms with Gasteiger partial charge >= 0.3 is 5.69 Å². The van der Waals surface area contributed by atoms with Crippen LogP contribution in [0, 0.1) is 0 Å². The van der Waals surface area contributed by atoms with Gasteiger partial charge in [-0.3, -0.25) is 4.98 Å². The first kappa shape index (κ1) is 20.2. The second kappa shape index (κ2) is 11.9. The van der Waals surface area contributed by atoms with Crippen molar-refractivity contribution in [2.75, 3.05) is 5.32 Å². The van der Waals surface area contributed by atoms with E-state index < -0.39 is 0 Å². The number of thioether (sulfide) groups is 1. The Morgan fingerprint density at radius 1 is 1.18 bits per heavy atom. The zero-order valence-corrected chi connectivity index (χ0v) is 15.2. The fraction of sp³-hybridized carbons (Fsp3) is 0.412. The number of aromatic nitrogens is 2. The molecule has 0 amide bonds. The van der Waals surface area contributed by atoms with Crippen LogP contribution in [0.2, 0.25) is 0 Å². The molecule has 0 atom stereocenters. The number of nitrogens with zero attached hydrogens (tertiary/aromatic N) is 1. The van der Waals surface area contributed by atoms with Crippen LogP contribution in [0.5, 0.6) is 0 Å². The van der Waals surface area contributed by atoms with Gasteiger partial charge in [0.2, 0.25) is 0 Å². The number of H-pyrrole nitrogens is 1. The van der Waals surface area contributed by atoms with Crippen LogP contribution in [0.4, 0.5) is 5.82 Å². The van der Waals surface area contributed by atoms with Crippen LogP contribution >= 0.6 is 11.8 Å². The van der Waals surface area contributed by atoms with Crippen molar-refractivity contribution >= 4 is 17.6 Å². The molecule has 1 aliphatic heterocycles. The summed E-state index contributed by atoms with van der Waals surface area (Å²) in [6.07, 6.45) is 10.5. The van der Waals surface area contributed by atoms with Gasteiger partial charge in [0.1, 0.15) is 5.82 Å². The van der Waals surface area contributed by atoms with Gasteiger partial charge in [-0.05, 0) is 33.3 Å². The minimum Gasteiger partial charge on any atom is -0.340 e. The molecular weight excluding hydrogens is 294 g/mol. The van der Waals surface area contributed by atoms with Gasteiger partial charge in [-0.1, -0.05) is 50.8 Å². The molecule has 0 saturated heterocycles. The fourth-order valence-electron chi connectivity index (χ4n) is 1.51. The lowest BCUT2D eigenvalue weighted by Gasteiger charge is -2.20. The minimum absolute atomic E-state index is 0.327. The summed E-state index contributed by atoms with van der Waals surface area (Å²) in [5, 5.41) is 3.22. The summed E-state index contributed by atoms with van der Waals surface area (Å²) >= 11 is 1.65. The van der Waals surface area contributed by atoms with Gasteiger partial charge in [0, 0.05) is 10.6 Å². The van der Waals surface area contributed by atoms with E-state index in [0.717, 1.165) is 22.8 Å². The summed E-state index contributed by atoms with van der Waals surface area (Å²) in [5.74, 6) is 0.732. The van der Waals surface area contributed by atoms with Gasteiger partial charge in [-0.25, -0.2) is 9.78 Å². The first-order chi connectivity index (χ1) is 10.7. The van der Waals surface area contributed by atoms with Gasteiger partial charge in [-0.15, -0.1) is 0 Å². The lowest BCUT2D eigenvalue weighted by atomic mass is 10.3. The third kappa shape index (κ3) is 6.35. The summed E-state index contributed by atoms with van der Waals surface area (Å²) in [5.41, 5.74) is 0.718. The number of allylic oxidation sites excluding steroid dienone is 5. The third-order valence-corrected chi connectivity index (χ3v) is 3.84. The maximum Gasteiger partial charge on any atom is 0.346 e. The molecule has 0 fully saturated rings. The highest BCUT2D eigenvalue weighted by Gasteiger charge is 2.16. The van der Waals surface area contributed by atoms with E-state index in [-0.39, 0.29) is 5.69 Å². The summed E-state index contributed by atoms with van der Waals surface area (Å²) in [6.45, 7) is 12.1. The quantitative estimate of drug-likeness (QED) is 0.745. The number of hydrogen-bond donors (Lipinski definition) is 2. The first-order valence-electron chi connectivity index (χ1n) is 7.63. The number of rotatable bonds is 2. The number of anilines is 1. The van der Waals surface area contributed by atoms with E-state index in [1.54, 1.807) is 18.0 Å². The summed E-state index contributed by atoms with van der Waals surface area (Å²) in [7, 11) is 0. The van der Waals surface area contributed by atoms with E-state index in [2.05, 4.69) is 22.2 Å². The largest absolute Gasteiger partial charge is 0.346 e. The van der Waals surface area contributed by atoms with Crippen LogP contribution in [0.15, 0.2) is 50.8 Å². The Morgan fingerprint density at radius 3 is 2.32 bits per heavy atom. The van der Waals surface area contributed by atoms with Crippen molar-refractivity contribution in [3.63, 3.8) is 0 Å². The minimum atomic E-state index is -0.327. The Balaban J connectivity index is 0.000000640.